The first-order valence-electron chi connectivity index (χ1n) is 6.28. The molecule has 2 rings (SSSR count). The van der Waals surface area contributed by atoms with Crippen molar-refractivity contribution in [2.24, 2.45) is 0 Å². The van der Waals surface area contributed by atoms with Crippen LogP contribution < -0.4 is 5.32 Å². The average Bonchev–Trinajstić information content (AvgIpc) is 2.40. The number of carbonyl (C=O) groups excluding carboxylic acids is 2. The van der Waals surface area contributed by atoms with E-state index >= 15 is 0 Å². The van der Waals surface area contributed by atoms with Gasteiger partial charge < -0.3 is 10.2 Å². The van der Waals surface area contributed by atoms with Crippen molar-refractivity contribution in [3.05, 3.63) is 30.3 Å². The van der Waals surface area contributed by atoms with Crippen LogP contribution in [0.25, 0.3) is 0 Å². The van der Waals surface area contributed by atoms with Crippen molar-refractivity contribution in [2.75, 3.05) is 18.8 Å². The second kappa shape index (κ2) is 5.65. The Labute approximate surface area is 117 Å². The maximum Gasteiger partial charge on any atom is 0.245 e. The van der Waals surface area contributed by atoms with Gasteiger partial charge in [0.2, 0.25) is 11.8 Å². The van der Waals surface area contributed by atoms with Crippen molar-refractivity contribution in [1.29, 1.82) is 0 Å². The van der Waals surface area contributed by atoms with Crippen LogP contribution in [0.15, 0.2) is 35.2 Å². The highest BCUT2D eigenvalue weighted by atomic mass is 32.2. The van der Waals surface area contributed by atoms with Gasteiger partial charge in [-0.2, -0.15) is 0 Å². The summed E-state index contributed by atoms with van der Waals surface area (Å²) in [5, 5.41) is 2.79. The van der Waals surface area contributed by atoms with Crippen LogP contribution in [0.5, 0.6) is 0 Å². The quantitative estimate of drug-likeness (QED) is 0.853. The lowest BCUT2D eigenvalue weighted by molar-refractivity contribution is -0.147. The van der Waals surface area contributed by atoms with Crippen LogP contribution in [-0.4, -0.2) is 41.1 Å². The lowest BCUT2D eigenvalue weighted by atomic mass is 9.99. The minimum Gasteiger partial charge on any atom is -0.352 e. The number of hydrogen-bond acceptors (Lipinski definition) is 3. The molecule has 1 aromatic rings. The minimum atomic E-state index is -0.757. The maximum absolute atomic E-state index is 12.3. The van der Waals surface area contributed by atoms with Crippen LogP contribution in [0.2, 0.25) is 0 Å². The molecule has 1 N–H and O–H groups in total. The highest BCUT2D eigenvalue weighted by Gasteiger charge is 2.40. The van der Waals surface area contributed by atoms with Crippen LogP contribution in [0.3, 0.4) is 0 Å². The third-order valence-electron chi connectivity index (χ3n) is 3.26. The SMILES string of the molecule is CC1(C)C(=O)NCCN1C(=O)CSc1ccccc1. The van der Waals surface area contributed by atoms with Crippen molar-refractivity contribution < 1.29 is 9.59 Å². The van der Waals surface area contributed by atoms with E-state index in [0.29, 0.717) is 18.8 Å². The largest absolute Gasteiger partial charge is 0.352 e. The Morgan fingerprint density at radius 3 is 2.74 bits per heavy atom. The van der Waals surface area contributed by atoms with Gasteiger partial charge in [0, 0.05) is 18.0 Å². The number of amides is 2. The molecule has 1 aliphatic heterocycles. The summed E-state index contributed by atoms with van der Waals surface area (Å²) in [7, 11) is 0. The van der Waals surface area contributed by atoms with Gasteiger partial charge in [0.05, 0.1) is 5.75 Å². The molecule has 19 heavy (non-hydrogen) atoms. The van der Waals surface area contributed by atoms with Crippen LogP contribution in [0.4, 0.5) is 0 Å². The van der Waals surface area contributed by atoms with E-state index in [9.17, 15) is 9.59 Å². The number of piperazine rings is 1. The summed E-state index contributed by atoms with van der Waals surface area (Å²) in [5.41, 5.74) is -0.757. The predicted molar refractivity (Wildman–Crippen MR) is 76.0 cm³/mol. The number of benzene rings is 1. The topological polar surface area (TPSA) is 49.4 Å². The molecule has 0 bridgehead atoms. The molecule has 0 aromatic heterocycles. The second-order valence-corrected chi connectivity index (χ2v) is 6.01. The molecule has 0 aliphatic carbocycles. The van der Waals surface area contributed by atoms with E-state index in [0.717, 1.165) is 4.90 Å². The average molecular weight is 278 g/mol. The van der Waals surface area contributed by atoms with Crippen molar-refractivity contribution in [2.45, 2.75) is 24.3 Å². The van der Waals surface area contributed by atoms with Gasteiger partial charge in [0.25, 0.3) is 0 Å². The molecule has 1 fully saturated rings. The molecular formula is C14H18N2O2S. The number of nitrogens with one attached hydrogen (secondary N) is 1. The maximum atomic E-state index is 12.3. The summed E-state index contributed by atoms with van der Waals surface area (Å²) < 4.78 is 0. The fraction of sp³-hybridized carbons (Fsp3) is 0.429. The van der Waals surface area contributed by atoms with E-state index in [2.05, 4.69) is 5.32 Å². The Morgan fingerprint density at radius 1 is 1.37 bits per heavy atom. The Bertz CT molecular complexity index is 474. The highest BCUT2D eigenvalue weighted by Crippen LogP contribution is 2.22. The zero-order valence-electron chi connectivity index (χ0n) is 11.2. The van der Waals surface area contributed by atoms with Gasteiger partial charge in [-0.15, -0.1) is 11.8 Å². The molecule has 2 amide bonds. The minimum absolute atomic E-state index is 0.00806. The first-order valence-corrected chi connectivity index (χ1v) is 7.27. The summed E-state index contributed by atoms with van der Waals surface area (Å²) in [6, 6.07) is 9.80. The summed E-state index contributed by atoms with van der Waals surface area (Å²) in [6.45, 7) is 4.68. The fourth-order valence-corrected chi connectivity index (χ4v) is 2.87. The van der Waals surface area contributed by atoms with Crippen molar-refractivity contribution in [1.82, 2.24) is 10.2 Å². The Morgan fingerprint density at radius 2 is 2.05 bits per heavy atom. The van der Waals surface area contributed by atoms with Crippen molar-refractivity contribution in [3.63, 3.8) is 0 Å². The molecule has 1 aliphatic rings. The summed E-state index contributed by atoms with van der Waals surface area (Å²) in [6.07, 6.45) is 0. The van der Waals surface area contributed by atoms with Gasteiger partial charge in [0.1, 0.15) is 5.54 Å². The summed E-state index contributed by atoms with van der Waals surface area (Å²) in [4.78, 5) is 26.8. The Kier molecular flexibility index (Phi) is 4.14. The van der Waals surface area contributed by atoms with E-state index in [-0.39, 0.29) is 11.8 Å². The standard InChI is InChI=1S/C14H18N2O2S/c1-14(2)13(18)15-8-9-16(14)12(17)10-19-11-6-4-3-5-7-11/h3-7H,8-10H2,1-2H3,(H,15,18). The molecule has 1 aromatic carbocycles. The molecular weight excluding hydrogens is 260 g/mol. The zero-order valence-corrected chi connectivity index (χ0v) is 12.0. The van der Waals surface area contributed by atoms with E-state index < -0.39 is 5.54 Å². The molecule has 1 saturated heterocycles. The normalized spacial score (nSPS) is 18.0. The van der Waals surface area contributed by atoms with Gasteiger partial charge in [-0.05, 0) is 26.0 Å². The number of nitrogens with zero attached hydrogens (tertiary/aromatic N) is 1. The first-order chi connectivity index (χ1) is 9.01. The molecule has 5 heteroatoms. The third kappa shape index (κ3) is 3.10. The van der Waals surface area contributed by atoms with E-state index in [1.54, 1.807) is 18.7 Å². The Balaban J connectivity index is 1.98. The summed E-state index contributed by atoms with van der Waals surface area (Å²) in [5.74, 6) is 0.284. The summed E-state index contributed by atoms with van der Waals surface area (Å²) >= 11 is 1.50. The van der Waals surface area contributed by atoms with E-state index in [1.165, 1.54) is 11.8 Å². The van der Waals surface area contributed by atoms with Gasteiger partial charge >= 0.3 is 0 Å². The molecule has 0 saturated carbocycles. The fourth-order valence-electron chi connectivity index (χ4n) is 2.08. The second-order valence-electron chi connectivity index (χ2n) is 4.96. The van der Waals surface area contributed by atoms with Crippen LogP contribution >= 0.6 is 11.8 Å². The van der Waals surface area contributed by atoms with Gasteiger partial charge in [-0.25, -0.2) is 0 Å². The molecule has 1 heterocycles. The van der Waals surface area contributed by atoms with Crippen LogP contribution in [-0.2, 0) is 9.59 Å². The first kappa shape index (κ1) is 13.9. The Hall–Kier alpha value is -1.49. The van der Waals surface area contributed by atoms with Crippen LogP contribution in [0.1, 0.15) is 13.8 Å². The van der Waals surface area contributed by atoms with Gasteiger partial charge in [-0.3, -0.25) is 9.59 Å². The van der Waals surface area contributed by atoms with E-state index in [1.807, 2.05) is 30.3 Å². The molecule has 102 valence electrons. The van der Waals surface area contributed by atoms with Gasteiger partial charge in [-0.1, -0.05) is 18.2 Å². The molecule has 0 unspecified atom stereocenters. The lowest BCUT2D eigenvalue weighted by Gasteiger charge is -2.41. The number of thioether (sulfide) groups is 1. The van der Waals surface area contributed by atoms with Gasteiger partial charge in [0.15, 0.2) is 0 Å². The van der Waals surface area contributed by atoms with Crippen LogP contribution in [0, 0.1) is 0 Å². The highest BCUT2D eigenvalue weighted by molar-refractivity contribution is 8.00. The van der Waals surface area contributed by atoms with Crippen molar-refractivity contribution in [3.8, 4) is 0 Å². The number of carbonyl (C=O) groups is 2. The van der Waals surface area contributed by atoms with Crippen molar-refractivity contribution >= 4 is 23.6 Å². The third-order valence-corrected chi connectivity index (χ3v) is 4.25. The van der Waals surface area contributed by atoms with E-state index in [4.69, 9.17) is 0 Å². The monoisotopic (exact) mass is 278 g/mol. The predicted octanol–water partition coefficient (Wildman–Crippen LogP) is 1.52. The molecule has 4 nitrogen and oxygen atoms in total. The number of hydrogen-bond donors (Lipinski definition) is 1. The molecule has 0 spiro atoms. The lowest BCUT2D eigenvalue weighted by Crippen LogP contribution is -2.63. The molecule has 0 radical (unpaired) electrons. The smallest absolute Gasteiger partial charge is 0.245 e. The zero-order chi connectivity index (χ0) is 13.9. The number of rotatable bonds is 3. The molecule has 0 atom stereocenters.